The molecular formula is C16H26N2O. The summed E-state index contributed by atoms with van der Waals surface area (Å²) in [6, 6.07) is 4.28. The smallest absolute Gasteiger partial charge is 0.141 e. The van der Waals surface area contributed by atoms with Crippen LogP contribution < -0.4 is 10.1 Å². The van der Waals surface area contributed by atoms with Gasteiger partial charge in [0, 0.05) is 6.20 Å². The lowest BCUT2D eigenvalue weighted by Crippen LogP contribution is -2.28. The number of nitrogens with zero attached hydrogens (tertiary/aromatic N) is 1. The van der Waals surface area contributed by atoms with E-state index in [9.17, 15) is 0 Å². The van der Waals surface area contributed by atoms with Crippen LogP contribution in [-0.4, -0.2) is 18.6 Å². The van der Waals surface area contributed by atoms with Gasteiger partial charge in [-0.1, -0.05) is 26.7 Å². The van der Waals surface area contributed by atoms with Gasteiger partial charge in [0.2, 0.25) is 0 Å². The van der Waals surface area contributed by atoms with Crippen LogP contribution in [0, 0.1) is 11.8 Å². The Morgan fingerprint density at radius 2 is 2.26 bits per heavy atom. The molecule has 3 nitrogen and oxygen atoms in total. The van der Waals surface area contributed by atoms with E-state index in [2.05, 4.69) is 24.1 Å². The largest absolute Gasteiger partial charge is 0.495 e. The molecule has 3 heteroatoms. The highest BCUT2D eigenvalue weighted by Crippen LogP contribution is 2.41. The summed E-state index contributed by atoms with van der Waals surface area (Å²) in [6.45, 7) is 5.43. The lowest BCUT2D eigenvalue weighted by atomic mass is 9.92. The highest BCUT2D eigenvalue weighted by atomic mass is 16.5. The Hall–Kier alpha value is -1.09. The van der Waals surface area contributed by atoms with Crippen LogP contribution in [0.3, 0.4) is 0 Å². The molecule has 0 spiro atoms. The Balaban J connectivity index is 2.20. The Morgan fingerprint density at radius 1 is 1.42 bits per heavy atom. The predicted octanol–water partition coefficient (Wildman–Crippen LogP) is 3.57. The van der Waals surface area contributed by atoms with E-state index in [1.165, 1.54) is 25.7 Å². The third-order valence-corrected chi connectivity index (χ3v) is 4.37. The van der Waals surface area contributed by atoms with Crippen molar-refractivity contribution in [3.05, 3.63) is 24.0 Å². The molecule has 106 valence electrons. The molecule has 0 amide bonds. The molecule has 0 saturated heterocycles. The standard InChI is InChI=1S/C16H26N2O/c1-4-12-8-9-13(11-12)15(17-5-2)16-14(19-3)7-6-10-18-16/h6-7,10,12-13,15,17H,4-5,8-9,11H2,1-3H3. The van der Waals surface area contributed by atoms with E-state index < -0.39 is 0 Å². The average Bonchev–Trinajstić information content (AvgIpc) is 2.93. The van der Waals surface area contributed by atoms with Crippen molar-refractivity contribution in [1.29, 1.82) is 0 Å². The van der Waals surface area contributed by atoms with E-state index in [0.29, 0.717) is 12.0 Å². The molecule has 1 aromatic rings. The number of hydrogen-bond donors (Lipinski definition) is 1. The van der Waals surface area contributed by atoms with E-state index in [-0.39, 0.29) is 0 Å². The molecule has 1 fully saturated rings. The first-order valence-corrected chi connectivity index (χ1v) is 7.52. The first-order valence-electron chi connectivity index (χ1n) is 7.52. The molecule has 1 saturated carbocycles. The molecule has 0 aliphatic heterocycles. The summed E-state index contributed by atoms with van der Waals surface area (Å²) in [5.41, 5.74) is 1.08. The molecule has 0 bridgehead atoms. The van der Waals surface area contributed by atoms with Crippen molar-refractivity contribution < 1.29 is 4.74 Å². The number of nitrogens with one attached hydrogen (secondary N) is 1. The molecule has 2 rings (SSSR count). The van der Waals surface area contributed by atoms with E-state index in [4.69, 9.17) is 4.74 Å². The van der Waals surface area contributed by atoms with Crippen molar-refractivity contribution in [1.82, 2.24) is 10.3 Å². The summed E-state index contributed by atoms with van der Waals surface area (Å²) < 4.78 is 5.48. The molecule has 0 radical (unpaired) electrons. The number of aromatic nitrogens is 1. The van der Waals surface area contributed by atoms with Gasteiger partial charge in [-0.2, -0.15) is 0 Å². The van der Waals surface area contributed by atoms with Gasteiger partial charge >= 0.3 is 0 Å². The number of pyridine rings is 1. The van der Waals surface area contributed by atoms with E-state index >= 15 is 0 Å². The lowest BCUT2D eigenvalue weighted by molar-refractivity contribution is 0.332. The number of methoxy groups -OCH3 is 1. The van der Waals surface area contributed by atoms with Crippen molar-refractivity contribution in [3.63, 3.8) is 0 Å². The zero-order valence-corrected chi connectivity index (χ0v) is 12.4. The fraction of sp³-hybridized carbons (Fsp3) is 0.688. The van der Waals surface area contributed by atoms with E-state index in [1.807, 2.05) is 18.3 Å². The van der Waals surface area contributed by atoms with Crippen LogP contribution in [0.1, 0.15) is 51.3 Å². The van der Waals surface area contributed by atoms with Crippen molar-refractivity contribution >= 4 is 0 Å². The maximum atomic E-state index is 5.48. The average molecular weight is 262 g/mol. The van der Waals surface area contributed by atoms with Crippen molar-refractivity contribution in [2.24, 2.45) is 11.8 Å². The second-order valence-electron chi connectivity index (χ2n) is 5.47. The highest BCUT2D eigenvalue weighted by Gasteiger charge is 2.32. The minimum atomic E-state index is 0.331. The number of ether oxygens (including phenoxy) is 1. The van der Waals surface area contributed by atoms with Gasteiger partial charge in [-0.05, 0) is 43.4 Å². The van der Waals surface area contributed by atoms with Gasteiger partial charge in [0.15, 0.2) is 0 Å². The predicted molar refractivity (Wildman–Crippen MR) is 78.3 cm³/mol. The zero-order chi connectivity index (χ0) is 13.7. The summed E-state index contributed by atoms with van der Waals surface area (Å²) in [6.07, 6.45) is 7.14. The first-order chi connectivity index (χ1) is 9.30. The van der Waals surface area contributed by atoms with Gasteiger partial charge in [-0.3, -0.25) is 4.98 Å². The van der Waals surface area contributed by atoms with Gasteiger partial charge in [0.1, 0.15) is 5.75 Å². The minimum Gasteiger partial charge on any atom is -0.495 e. The van der Waals surface area contributed by atoms with Crippen LogP contribution in [0.4, 0.5) is 0 Å². The molecule has 3 atom stereocenters. The van der Waals surface area contributed by atoms with Crippen LogP contribution in [0.15, 0.2) is 18.3 Å². The minimum absolute atomic E-state index is 0.331. The third-order valence-electron chi connectivity index (χ3n) is 4.37. The fourth-order valence-electron chi connectivity index (χ4n) is 3.30. The number of hydrogen-bond acceptors (Lipinski definition) is 3. The van der Waals surface area contributed by atoms with E-state index in [0.717, 1.165) is 23.9 Å². The number of rotatable bonds is 6. The lowest BCUT2D eigenvalue weighted by Gasteiger charge is -2.25. The molecule has 0 aromatic carbocycles. The second-order valence-corrected chi connectivity index (χ2v) is 5.47. The summed E-state index contributed by atoms with van der Waals surface area (Å²) in [7, 11) is 1.73. The van der Waals surface area contributed by atoms with Gasteiger partial charge in [0.05, 0.1) is 18.8 Å². The maximum Gasteiger partial charge on any atom is 0.141 e. The molecule has 19 heavy (non-hydrogen) atoms. The van der Waals surface area contributed by atoms with Gasteiger partial charge in [-0.15, -0.1) is 0 Å². The van der Waals surface area contributed by atoms with E-state index in [1.54, 1.807) is 7.11 Å². The molecule has 1 N–H and O–H groups in total. The molecule has 1 heterocycles. The summed E-state index contributed by atoms with van der Waals surface area (Å²) >= 11 is 0. The normalized spacial score (nSPS) is 24.4. The van der Waals surface area contributed by atoms with Crippen molar-refractivity contribution in [2.45, 2.75) is 45.6 Å². The quantitative estimate of drug-likeness (QED) is 0.851. The van der Waals surface area contributed by atoms with Crippen LogP contribution in [0.2, 0.25) is 0 Å². The molecule has 1 aliphatic rings. The van der Waals surface area contributed by atoms with Gasteiger partial charge in [-0.25, -0.2) is 0 Å². The van der Waals surface area contributed by atoms with Crippen molar-refractivity contribution in [3.8, 4) is 5.75 Å². The molecular weight excluding hydrogens is 236 g/mol. The third kappa shape index (κ3) is 3.27. The molecule has 1 aromatic heterocycles. The maximum absolute atomic E-state index is 5.48. The van der Waals surface area contributed by atoms with Crippen molar-refractivity contribution in [2.75, 3.05) is 13.7 Å². The Bertz CT molecular complexity index is 394. The molecule has 1 aliphatic carbocycles. The highest BCUT2D eigenvalue weighted by molar-refractivity contribution is 5.30. The van der Waals surface area contributed by atoms with Gasteiger partial charge < -0.3 is 10.1 Å². The summed E-state index contributed by atoms with van der Waals surface area (Å²) in [5, 5.41) is 3.62. The van der Waals surface area contributed by atoms with Crippen LogP contribution in [-0.2, 0) is 0 Å². The fourth-order valence-corrected chi connectivity index (χ4v) is 3.30. The van der Waals surface area contributed by atoms with Gasteiger partial charge in [0.25, 0.3) is 0 Å². The van der Waals surface area contributed by atoms with Crippen LogP contribution in [0.5, 0.6) is 5.75 Å². The first kappa shape index (κ1) is 14.3. The van der Waals surface area contributed by atoms with Crippen LogP contribution >= 0.6 is 0 Å². The Kier molecular flexibility index (Phi) is 5.20. The Labute approximate surface area is 116 Å². The summed E-state index contributed by atoms with van der Waals surface area (Å²) in [5.74, 6) is 2.49. The molecule has 3 unspecified atom stereocenters. The monoisotopic (exact) mass is 262 g/mol. The topological polar surface area (TPSA) is 34.2 Å². The SMILES string of the molecule is CCNC(c1ncccc1OC)C1CCC(CC)C1. The zero-order valence-electron chi connectivity index (χ0n) is 12.4. The van der Waals surface area contributed by atoms with Crippen LogP contribution in [0.25, 0.3) is 0 Å². The Morgan fingerprint density at radius 3 is 2.89 bits per heavy atom. The second kappa shape index (κ2) is 6.90. The summed E-state index contributed by atoms with van der Waals surface area (Å²) in [4.78, 5) is 4.58.